The molecule has 80 valence electrons. The van der Waals surface area contributed by atoms with Gasteiger partial charge in [-0.05, 0) is 12.8 Å². The molecule has 0 atom stereocenters. The fourth-order valence-corrected chi connectivity index (χ4v) is 2.11. The first-order valence-corrected chi connectivity index (χ1v) is 5.23. The fourth-order valence-electron chi connectivity index (χ4n) is 2.11. The maximum Gasteiger partial charge on any atom is 0.213 e. The molecule has 2 aliphatic heterocycles. The Bertz CT molecular complexity index is 389. The lowest BCUT2D eigenvalue weighted by Gasteiger charge is -2.33. The standard InChI is InChI=1S/C9H14N6/c10-9-13-8-7(11-6-12-8)5-15(9)14-3-1-2-4-14/h6H,1-5H2,(H2,10,13)(H,11,12). The Morgan fingerprint density at radius 3 is 2.93 bits per heavy atom. The highest BCUT2D eigenvalue weighted by Gasteiger charge is 2.26. The molecule has 1 aromatic rings. The average molecular weight is 206 g/mol. The molecule has 1 aromatic heterocycles. The van der Waals surface area contributed by atoms with Gasteiger partial charge >= 0.3 is 0 Å². The van der Waals surface area contributed by atoms with Gasteiger partial charge in [-0.25, -0.2) is 9.99 Å². The van der Waals surface area contributed by atoms with Crippen molar-refractivity contribution < 1.29 is 0 Å². The van der Waals surface area contributed by atoms with Crippen LogP contribution in [-0.2, 0) is 6.54 Å². The van der Waals surface area contributed by atoms with E-state index in [4.69, 9.17) is 5.73 Å². The summed E-state index contributed by atoms with van der Waals surface area (Å²) in [7, 11) is 0. The van der Waals surface area contributed by atoms with Crippen molar-refractivity contribution in [1.82, 2.24) is 20.0 Å². The zero-order valence-electron chi connectivity index (χ0n) is 8.48. The summed E-state index contributed by atoms with van der Waals surface area (Å²) >= 11 is 0. The van der Waals surface area contributed by atoms with Crippen molar-refractivity contribution >= 4 is 11.8 Å². The van der Waals surface area contributed by atoms with Crippen molar-refractivity contribution in [3.63, 3.8) is 0 Å². The Morgan fingerprint density at radius 1 is 1.33 bits per heavy atom. The van der Waals surface area contributed by atoms with Crippen molar-refractivity contribution in [1.29, 1.82) is 0 Å². The van der Waals surface area contributed by atoms with Crippen LogP contribution in [0.1, 0.15) is 18.5 Å². The molecule has 6 heteroatoms. The maximum absolute atomic E-state index is 5.92. The van der Waals surface area contributed by atoms with E-state index in [9.17, 15) is 0 Å². The number of aromatic nitrogens is 2. The first kappa shape index (κ1) is 8.72. The molecule has 3 rings (SSSR count). The molecule has 0 unspecified atom stereocenters. The number of nitrogens with two attached hydrogens (primary N) is 1. The second-order valence-corrected chi connectivity index (χ2v) is 3.89. The van der Waals surface area contributed by atoms with E-state index in [-0.39, 0.29) is 0 Å². The van der Waals surface area contributed by atoms with E-state index >= 15 is 0 Å². The SMILES string of the molecule is NC1=Nc2[nH]cnc2CN1N1CCCC1. The quantitative estimate of drug-likeness (QED) is 0.687. The molecular formula is C9H14N6. The van der Waals surface area contributed by atoms with Gasteiger partial charge in [-0.1, -0.05) is 0 Å². The summed E-state index contributed by atoms with van der Waals surface area (Å²) < 4.78 is 0. The summed E-state index contributed by atoms with van der Waals surface area (Å²) in [6.07, 6.45) is 4.13. The number of hydrogen-bond acceptors (Lipinski definition) is 5. The van der Waals surface area contributed by atoms with Crippen LogP contribution < -0.4 is 5.73 Å². The molecule has 3 N–H and O–H groups in total. The Hall–Kier alpha value is -1.56. The monoisotopic (exact) mass is 206 g/mol. The van der Waals surface area contributed by atoms with Crippen LogP contribution in [0, 0.1) is 0 Å². The van der Waals surface area contributed by atoms with Gasteiger partial charge in [0, 0.05) is 13.1 Å². The lowest BCUT2D eigenvalue weighted by atomic mass is 10.4. The molecule has 15 heavy (non-hydrogen) atoms. The summed E-state index contributed by atoms with van der Waals surface area (Å²) in [4.78, 5) is 11.5. The van der Waals surface area contributed by atoms with E-state index in [1.165, 1.54) is 12.8 Å². The number of aliphatic imine (C=N–C) groups is 1. The van der Waals surface area contributed by atoms with Gasteiger partial charge in [0.25, 0.3) is 0 Å². The van der Waals surface area contributed by atoms with Gasteiger partial charge in [0.1, 0.15) is 5.69 Å². The predicted molar refractivity (Wildman–Crippen MR) is 56.2 cm³/mol. The largest absolute Gasteiger partial charge is 0.368 e. The van der Waals surface area contributed by atoms with Gasteiger partial charge in [-0.2, -0.15) is 4.99 Å². The van der Waals surface area contributed by atoms with Gasteiger partial charge in [0.2, 0.25) is 5.96 Å². The Balaban J connectivity index is 1.88. The Morgan fingerprint density at radius 2 is 2.13 bits per heavy atom. The minimum absolute atomic E-state index is 0.564. The number of hydrogen-bond donors (Lipinski definition) is 2. The molecule has 1 saturated heterocycles. The number of nitrogens with one attached hydrogen (secondary N) is 1. The normalized spacial score (nSPS) is 21.6. The first-order valence-electron chi connectivity index (χ1n) is 5.23. The van der Waals surface area contributed by atoms with E-state index in [0.29, 0.717) is 5.96 Å². The molecule has 1 fully saturated rings. The van der Waals surface area contributed by atoms with Crippen LogP contribution in [-0.4, -0.2) is 39.0 Å². The smallest absolute Gasteiger partial charge is 0.213 e. The van der Waals surface area contributed by atoms with Crippen LogP contribution in [0.4, 0.5) is 5.82 Å². The third-order valence-electron chi connectivity index (χ3n) is 2.91. The Kier molecular flexibility index (Phi) is 1.88. The van der Waals surface area contributed by atoms with Crippen molar-refractivity contribution in [2.75, 3.05) is 13.1 Å². The fraction of sp³-hybridized carbons (Fsp3) is 0.556. The molecule has 3 heterocycles. The summed E-state index contributed by atoms with van der Waals surface area (Å²) in [6, 6.07) is 0. The number of guanidine groups is 1. The van der Waals surface area contributed by atoms with Gasteiger partial charge in [0.15, 0.2) is 5.82 Å². The van der Waals surface area contributed by atoms with Crippen LogP contribution in [0.3, 0.4) is 0 Å². The van der Waals surface area contributed by atoms with Gasteiger partial charge in [0.05, 0.1) is 12.9 Å². The number of fused-ring (bicyclic) bond motifs is 1. The first-order chi connectivity index (χ1) is 7.34. The molecule has 6 nitrogen and oxygen atoms in total. The van der Waals surface area contributed by atoms with E-state index < -0.39 is 0 Å². The molecule has 0 saturated carbocycles. The summed E-state index contributed by atoms with van der Waals surface area (Å²) in [5.41, 5.74) is 6.89. The highest BCUT2D eigenvalue weighted by molar-refractivity contribution is 5.82. The zero-order valence-corrected chi connectivity index (χ0v) is 8.48. The minimum atomic E-state index is 0.564. The van der Waals surface area contributed by atoms with Gasteiger partial charge in [-0.15, -0.1) is 0 Å². The minimum Gasteiger partial charge on any atom is -0.368 e. The van der Waals surface area contributed by atoms with Crippen LogP contribution in [0.2, 0.25) is 0 Å². The molecule has 0 amide bonds. The lowest BCUT2D eigenvalue weighted by molar-refractivity contribution is 0.0618. The van der Waals surface area contributed by atoms with Crippen molar-refractivity contribution in [2.24, 2.45) is 10.7 Å². The van der Waals surface area contributed by atoms with E-state index in [1.54, 1.807) is 6.33 Å². The third-order valence-corrected chi connectivity index (χ3v) is 2.91. The van der Waals surface area contributed by atoms with Crippen molar-refractivity contribution in [3.8, 4) is 0 Å². The second-order valence-electron chi connectivity index (χ2n) is 3.89. The topological polar surface area (TPSA) is 73.5 Å². The highest BCUT2D eigenvalue weighted by atomic mass is 15.7. The molecule has 0 radical (unpaired) electrons. The zero-order chi connectivity index (χ0) is 10.3. The molecule has 0 aromatic carbocycles. The number of imidazole rings is 1. The summed E-state index contributed by atoms with van der Waals surface area (Å²) in [5.74, 6) is 1.36. The third kappa shape index (κ3) is 1.37. The van der Waals surface area contributed by atoms with E-state index in [2.05, 4.69) is 20.0 Å². The van der Waals surface area contributed by atoms with Gasteiger partial charge in [-0.3, -0.25) is 5.01 Å². The molecule has 0 bridgehead atoms. The predicted octanol–water partition coefficient (Wildman–Crippen LogP) is 0.182. The number of hydrazine groups is 1. The van der Waals surface area contributed by atoms with Crippen LogP contribution in [0.15, 0.2) is 11.3 Å². The molecule has 2 aliphatic rings. The van der Waals surface area contributed by atoms with Crippen LogP contribution in [0.25, 0.3) is 0 Å². The highest BCUT2D eigenvalue weighted by Crippen LogP contribution is 2.23. The number of rotatable bonds is 1. The Labute approximate surface area is 87.8 Å². The van der Waals surface area contributed by atoms with E-state index in [1.807, 2.05) is 5.01 Å². The van der Waals surface area contributed by atoms with E-state index in [0.717, 1.165) is 31.1 Å². The van der Waals surface area contributed by atoms with Crippen LogP contribution in [0.5, 0.6) is 0 Å². The summed E-state index contributed by atoms with van der Waals surface area (Å²) in [6.45, 7) is 2.86. The number of aromatic amines is 1. The lowest BCUT2D eigenvalue weighted by Crippen LogP contribution is -2.49. The number of H-pyrrole nitrogens is 1. The molecule has 0 spiro atoms. The second kappa shape index (κ2) is 3.23. The summed E-state index contributed by atoms with van der Waals surface area (Å²) in [5, 5.41) is 4.27. The molecule has 0 aliphatic carbocycles. The molecular weight excluding hydrogens is 192 g/mol. The number of nitrogens with zero attached hydrogens (tertiary/aromatic N) is 4. The van der Waals surface area contributed by atoms with Gasteiger partial charge < -0.3 is 10.7 Å². The van der Waals surface area contributed by atoms with Crippen LogP contribution >= 0.6 is 0 Å². The van der Waals surface area contributed by atoms with Crippen molar-refractivity contribution in [3.05, 3.63) is 12.0 Å². The average Bonchev–Trinajstić information content (AvgIpc) is 2.85. The van der Waals surface area contributed by atoms with Crippen molar-refractivity contribution in [2.45, 2.75) is 19.4 Å². The maximum atomic E-state index is 5.92.